The van der Waals surface area contributed by atoms with Gasteiger partial charge >= 0.3 is 0 Å². The third-order valence-corrected chi connectivity index (χ3v) is 5.14. The van der Waals surface area contributed by atoms with E-state index in [1.807, 2.05) is 57.2 Å². The first-order valence-corrected chi connectivity index (χ1v) is 9.69. The largest absolute Gasteiger partial charge is 0.484 e. The van der Waals surface area contributed by atoms with Gasteiger partial charge in [-0.3, -0.25) is 9.59 Å². The highest BCUT2D eigenvalue weighted by molar-refractivity contribution is 6.31. The second-order valence-corrected chi connectivity index (χ2v) is 7.09. The number of nitrogens with zero attached hydrogens (tertiary/aromatic N) is 1. The summed E-state index contributed by atoms with van der Waals surface area (Å²) in [5, 5.41) is 3.19. The molecule has 0 radical (unpaired) electrons. The molecule has 1 atom stereocenters. The molecule has 150 valence electrons. The fraction of sp³-hybridized carbons (Fsp3) is 0.364. The van der Waals surface area contributed by atoms with Crippen molar-refractivity contribution in [3.63, 3.8) is 0 Å². The maximum absolute atomic E-state index is 13.0. The molecule has 0 bridgehead atoms. The Bertz CT molecular complexity index is 838. The van der Waals surface area contributed by atoms with Gasteiger partial charge in [-0.05, 0) is 55.2 Å². The number of benzene rings is 2. The zero-order valence-corrected chi connectivity index (χ0v) is 17.5. The molecule has 0 aromatic heterocycles. The summed E-state index contributed by atoms with van der Waals surface area (Å²) in [6, 6.07) is 12.4. The molecule has 0 saturated carbocycles. The Balaban J connectivity index is 2.21. The molecule has 2 aromatic rings. The van der Waals surface area contributed by atoms with Crippen molar-refractivity contribution >= 4 is 23.4 Å². The minimum atomic E-state index is -0.600. The van der Waals surface area contributed by atoms with Crippen LogP contribution in [0.2, 0.25) is 5.02 Å². The first kappa shape index (κ1) is 21.8. The minimum Gasteiger partial charge on any atom is -0.484 e. The van der Waals surface area contributed by atoms with E-state index >= 15 is 0 Å². The van der Waals surface area contributed by atoms with E-state index in [0.717, 1.165) is 16.7 Å². The third kappa shape index (κ3) is 5.49. The summed E-state index contributed by atoms with van der Waals surface area (Å²) < 4.78 is 5.70. The molecule has 28 heavy (non-hydrogen) atoms. The van der Waals surface area contributed by atoms with E-state index in [9.17, 15) is 9.59 Å². The van der Waals surface area contributed by atoms with Crippen molar-refractivity contribution in [2.75, 3.05) is 13.7 Å². The predicted molar refractivity (Wildman–Crippen MR) is 112 cm³/mol. The van der Waals surface area contributed by atoms with Crippen LogP contribution in [0, 0.1) is 13.8 Å². The second-order valence-electron chi connectivity index (χ2n) is 6.69. The second kappa shape index (κ2) is 10.1. The van der Waals surface area contributed by atoms with Gasteiger partial charge in [-0.25, -0.2) is 0 Å². The summed E-state index contributed by atoms with van der Waals surface area (Å²) in [4.78, 5) is 26.9. The van der Waals surface area contributed by atoms with Gasteiger partial charge in [-0.2, -0.15) is 0 Å². The van der Waals surface area contributed by atoms with E-state index in [2.05, 4.69) is 5.32 Å². The lowest BCUT2D eigenvalue weighted by Crippen LogP contribution is -2.49. The van der Waals surface area contributed by atoms with E-state index in [-0.39, 0.29) is 25.0 Å². The van der Waals surface area contributed by atoms with E-state index in [1.54, 1.807) is 13.1 Å². The number of hydrogen-bond acceptors (Lipinski definition) is 3. The highest BCUT2D eigenvalue weighted by Crippen LogP contribution is 2.21. The fourth-order valence-electron chi connectivity index (χ4n) is 2.93. The van der Waals surface area contributed by atoms with Crippen molar-refractivity contribution in [1.82, 2.24) is 10.2 Å². The average Bonchev–Trinajstić information content (AvgIpc) is 2.69. The Morgan fingerprint density at radius 2 is 1.86 bits per heavy atom. The monoisotopic (exact) mass is 402 g/mol. The van der Waals surface area contributed by atoms with Crippen LogP contribution in [-0.4, -0.2) is 36.4 Å². The van der Waals surface area contributed by atoms with Crippen molar-refractivity contribution in [3.8, 4) is 5.75 Å². The summed E-state index contributed by atoms with van der Waals surface area (Å²) in [5.74, 6) is 0.143. The molecule has 6 heteroatoms. The van der Waals surface area contributed by atoms with Gasteiger partial charge < -0.3 is 15.0 Å². The lowest BCUT2D eigenvalue weighted by atomic mass is 10.1. The van der Waals surface area contributed by atoms with Crippen LogP contribution in [0.1, 0.15) is 30.0 Å². The number of halogens is 1. The lowest BCUT2D eigenvalue weighted by molar-refractivity contribution is -0.142. The first-order chi connectivity index (χ1) is 13.4. The number of rotatable bonds is 8. The van der Waals surface area contributed by atoms with E-state index in [0.29, 0.717) is 17.2 Å². The summed E-state index contributed by atoms with van der Waals surface area (Å²) in [6.07, 6.45) is 0.486. The number of likely N-dealkylation sites (N-methyl/N-ethyl adjacent to an activating group) is 1. The number of aryl methyl sites for hydroxylation is 2. The number of carbonyl (C=O) groups is 2. The molecule has 2 aromatic carbocycles. The quantitative estimate of drug-likeness (QED) is 0.728. The van der Waals surface area contributed by atoms with Crippen LogP contribution in [0.15, 0.2) is 42.5 Å². The van der Waals surface area contributed by atoms with Crippen molar-refractivity contribution in [3.05, 3.63) is 64.2 Å². The Hall–Kier alpha value is -2.53. The standard InChI is InChI=1S/C22H27ClN2O3/c1-5-20(22(27)24-4)25(13-17-8-6-7-9-19(17)23)21(26)14-28-18-11-10-15(2)16(3)12-18/h6-12,20H,5,13-14H2,1-4H3,(H,24,27). The minimum absolute atomic E-state index is 0.152. The first-order valence-electron chi connectivity index (χ1n) is 9.31. The SMILES string of the molecule is CCC(C(=O)NC)N(Cc1ccccc1Cl)C(=O)COc1ccc(C)c(C)c1. The third-order valence-electron chi connectivity index (χ3n) is 4.77. The van der Waals surface area contributed by atoms with Crippen LogP contribution in [0.4, 0.5) is 0 Å². The number of amides is 2. The number of carbonyl (C=O) groups excluding carboxylic acids is 2. The molecule has 5 nitrogen and oxygen atoms in total. The van der Waals surface area contributed by atoms with Gasteiger partial charge in [0.2, 0.25) is 5.91 Å². The zero-order chi connectivity index (χ0) is 20.7. The molecule has 2 amide bonds. The molecular formula is C22H27ClN2O3. The molecule has 0 spiro atoms. The van der Waals surface area contributed by atoms with Crippen LogP contribution < -0.4 is 10.1 Å². The van der Waals surface area contributed by atoms with Gasteiger partial charge in [-0.1, -0.05) is 42.8 Å². The summed E-state index contributed by atoms with van der Waals surface area (Å²) in [7, 11) is 1.56. The maximum atomic E-state index is 13.0. The van der Waals surface area contributed by atoms with E-state index < -0.39 is 6.04 Å². The van der Waals surface area contributed by atoms with Gasteiger partial charge in [0.05, 0.1) is 0 Å². The highest BCUT2D eigenvalue weighted by Gasteiger charge is 2.28. The maximum Gasteiger partial charge on any atom is 0.261 e. The molecule has 0 aliphatic heterocycles. The van der Waals surface area contributed by atoms with Crippen LogP contribution >= 0.6 is 11.6 Å². The fourth-order valence-corrected chi connectivity index (χ4v) is 3.12. The summed E-state index contributed by atoms with van der Waals surface area (Å²) in [5.41, 5.74) is 3.03. The highest BCUT2D eigenvalue weighted by atomic mass is 35.5. The van der Waals surface area contributed by atoms with Gasteiger partial charge in [0.1, 0.15) is 11.8 Å². The number of hydrogen-bond donors (Lipinski definition) is 1. The van der Waals surface area contributed by atoms with Crippen molar-refractivity contribution in [1.29, 1.82) is 0 Å². The van der Waals surface area contributed by atoms with Gasteiger partial charge in [-0.15, -0.1) is 0 Å². The topological polar surface area (TPSA) is 58.6 Å². The number of nitrogens with one attached hydrogen (secondary N) is 1. The molecule has 0 heterocycles. The molecule has 1 unspecified atom stereocenters. The van der Waals surface area contributed by atoms with Crippen LogP contribution in [0.3, 0.4) is 0 Å². The molecule has 0 fully saturated rings. The summed E-state index contributed by atoms with van der Waals surface area (Å²) >= 11 is 6.27. The molecule has 1 N–H and O–H groups in total. The number of ether oxygens (including phenoxy) is 1. The molecular weight excluding hydrogens is 376 g/mol. The smallest absolute Gasteiger partial charge is 0.261 e. The van der Waals surface area contributed by atoms with Gasteiger partial charge in [0.15, 0.2) is 6.61 Å². The normalized spacial score (nSPS) is 11.6. The van der Waals surface area contributed by atoms with Crippen LogP contribution in [-0.2, 0) is 16.1 Å². The van der Waals surface area contributed by atoms with Crippen molar-refractivity contribution < 1.29 is 14.3 Å². The predicted octanol–water partition coefficient (Wildman–Crippen LogP) is 3.89. The van der Waals surface area contributed by atoms with E-state index in [4.69, 9.17) is 16.3 Å². The van der Waals surface area contributed by atoms with Crippen molar-refractivity contribution in [2.24, 2.45) is 0 Å². The lowest BCUT2D eigenvalue weighted by Gasteiger charge is -2.30. The summed E-state index contributed by atoms with van der Waals surface area (Å²) in [6.45, 7) is 5.97. The molecule has 0 aliphatic carbocycles. The molecule has 0 aliphatic rings. The Labute approximate surface area is 171 Å². The van der Waals surface area contributed by atoms with Crippen LogP contribution in [0.5, 0.6) is 5.75 Å². The van der Waals surface area contributed by atoms with Gasteiger partial charge in [0.25, 0.3) is 5.91 Å². The Morgan fingerprint density at radius 1 is 1.14 bits per heavy atom. The van der Waals surface area contributed by atoms with Crippen molar-refractivity contribution in [2.45, 2.75) is 39.8 Å². The zero-order valence-electron chi connectivity index (χ0n) is 16.8. The Morgan fingerprint density at radius 3 is 2.46 bits per heavy atom. The molecule has 0 saturated heterocycles. The van der Waals surface area contributed by atoms with Crippen LogP contribution in [0.25, 0.3) is 0 Å². The van der Waals surface area contributed by atoms with Gasteiger partial charge in [0, 0.05) is 18.6 Å². The molecule has 2 rings (SSSR count). The van der Waals surface area contributed by atoms with E-state index in [1.165, 1.54) is 4.90 Å². The average molecular weight is 403 g/mol. The Kier molecular flexibility index (Phi) is 7.88.